The topological polar surface area (TPSA) is 35.6 Å². The Labute approximate surface area is 105 Å². The monoisotopic (exact) mass is 241 g/mol. The second-order valence-electron chi connectivity index (χ2n) is 5.20. The number of nitrogens with one attached hydrogen (secondary N) is 1. The predicted molar refractivity (Wildman–Crippen MR) is 71.0 cm³/mol. The average molecular weight is 241 g/mol. The summed E-state index contributed by atoms with van der Waals surface area (Å²) in [4.78, 5) is 16.4. The van der Waals surface area contributed by atoms with E-state index in [1.807, 2.05) is 11.9 Å². The number of carbonyl (C=O) groups is 1. The third-order valence-corrected chi connectivity index (χ3v) is 3.66. The fraction of sp³-hybridized carbons (Fsp3) is 0.923. The molecule has 0 saturated carbocycles. The van der Waals surface area contributed by atoms with Crippen LogP contribution in [0.25, 0.3) is 0 Å². The lowest BCUT2D eigenvalue weighted by Gasteiger charge is -2.35. The summed E-state index contributed by atoms with van der Waals surface area (Å²) >= 11 is 0. The summed E-state index contributed by atoms with van der Waals surface area (Å²) in [5.41, 5.74) is 0. The van der Waals surface area contributed by atoms with Gasteiger partial charge in [-0.3, -0.25) is 4.79 Å². The summed E-state index contributed by atoms with van der Waals surface area (Å²) in [6.07, 6.45) is 2.82. The Bertz CT molecular complexity index is 237. The number of nitrogens with zero attached hydrogens (tertiary/aromatic N) is 2. The van der Waals surface area contributed by atoms with Gasteiger partial charge in [0, 0.05) is 25.6 Å². The number of hydrogen-bond donors (Lipinski definition) is 1. The SMILES string of the molecule is CCNC(C)CC(=O)N(C)C1CCN(C)CC1. The lowest BCUT2D eigenvalue weighted by molar-refractivity contribution is -0.133. The quantitative estimate of drug-likeness (QED) is 0.778. The summed E-state index contributed by atoms with van der Waals surface area (Å²) in [5.74, 6) is 0.271. The van der Waals surface area contributed by atoms with Crippen LogP contribution in [0.15, 0.2) is 0 Å². The van der Waals surface area contributed by atoms with Crippen molar-refractivity contribution in [1.82, 2.24) is 15.1 Å². The van der Waals surface area contributed by atoms with Gasteiger partial charge >= 0.3 is 0 Å². The molecule has 0 aliphatic carbocycles. The van der Waals surface area contributed by atoms with Crippen LogP contribution in [0.1, 0.15) is 33.1 Å². The zero-order chi connectivity index (χ0) is 12.8. The van der Waals surface area contributed by atoms with E-state index in [4.69, 9.17) is 0 Å². The number of carbonyl (C=O) groups excluding carboxylic acids is 1. The molecule has 1 aliphatic heterocycles. The second kappa shape index (κ2) is 6.97. The first-order valence-corrected chi connectivity index (χ1v) is 6.72. The fourth-order valence-corrected chi connectivity index (χ4v) is 2.41. The molecule has 0 bridgehead atoms. The van der Waals surface area contributed by atoms with Crippen LogP contribution in [-0.2, 0) is 4.79 Å². The van der Waals surface area contributed by atoms with Gasteiger partial charge < -0.3 is 15.1 Å². The molecule has 1 aliphatic rings. The van der Waals surface area contributed by atoms with E-state index in [2.05, 4.69) is 31.1 Å². The van der Waals surface area contributed by atoms with Crippen molar-refractivity contribution in [1.29, 1.82) is 0 Å². The Hall–Kier alpha value is -0.610. The maximum atomic E-state index is 12.1. The first-order chi connectivity index (χ1) is 8.04. The minimum Gasteiger partial charge on any atom is -0.343 e. The van der Waals surface area contributed by atoms with Crippen LogP contribution in [0.3, 0.4) is 0 Å². The highest BCUT2D eigenvalue weighted by Crippen LogP contribution is 2.15. The molecule has 1 rings (SSSR count). The number of rotatable bonds is 5. The minimum absolute atomic E-state index is 0.271. The van der Waals surface area contributed by atoms with E-state index in [0.29, 0.717) is 12.5 Å². The van der Waals surface area contributed by atoms with Crippen LogP contribution in [0, 0.1) is 0 Å². The first-order valence-electron chi connectivity index (χ1n) is 6.72. The van der Waals surface area contributed by atoms with E-state index in [0.717, 1.165) is 32.5 Å². The van der Waals surface area contributed by atoms with Gasteiger partial charge in [-0.05, 0) is 46.4 Å². The number of hydrogen-bond acceptors (Lipinski definition) is 3. The van der Waals surface area contributed by atoms with E-state index < -0.39 is 0 Å². The molecule has 1 atom stereocenters. The summed E-state index contributed by atoms with van der Waals surface area (Å²) in [6, 6.07) is 0.716. The zero-order valence-electron chi connectivity index (χ0n) is 11.7. The smallest absolute Gasteiger partial charge is 0.224 e. The highest BCUT2D eigenvalue weighted by molar-refractivity contribution is 5.76. The van der Waals surface area contributed by atoms with E-state index in [1.165, 1.54) is 0 Å². The Morgan fingerprint density at radius 3 is 2.59 bits per heavy atom. The largest absolute Gasteiger partial charge is 0.343 e. The van der Waals surface area contributed by atoms with E-state index in [-0.39, 0.29) is 11.9 Å². The third kappa shape index (κ3) is 4.64. The molecule has 0 aromatic carbocycles. The molecule has 4 heteroatoms. The summed E-state index contributed by atoms with van der Waals surface area (Å²) < 4.78 is 0. The molecule has 4 nitrogen and oxygen atoms in total. The Kier molecular flexibility index (Phi) is 5.92. The van der Waals surface area contributed by atoms with Crippen LogP contribution in [0.5, 0.6) is 0 Å². The molecule has 1 unspecified atom stereocenters. The van der Waals surface area contributed by atoms with Gasteiger partial charge in [0.2, 0.25) is 5.91 Å². The molecule has 0 aromatic rings. The van der Waals surface area contributed by atoms with Crippen LogP contribution in [0.2, 0.25) is 0 Å². The van der Waals surface area contributed by atoms with Crippen molar-refractivity contribution in [3.05, 3.63) is 0 Å². The van der Waals surface area contributed by atoms with Gasteiger partial charge in [0.1, 0.15) is 0 Å². The third-order valence-electron chi connectivity index (χ3n) is 3.66. The average Bonchev–Trinajstić information content (AvgIpc) is 2.29. The highest BCUT2D eigenvalue weighted by atomic mass is 16.2. The molecule has 1 N–H and O–H groups in total. The van der Waals surface area contributed by atoms with Crippen molar-refractivity contribution in [2.75, 3.05) is 33.7 Å². The van der Waals surface area contributed by atoms with Crippen LogP contribution >= 0.6 is 0 Å². The van der Waals surface area contributed by atoms with E-state index in [9.17, 15) is 4.79 Å². The standard InChI is InChI=1S/C13H27N3O/c1-5-14-11(2)10-13(17)16(4)12-6-8-15(3)9-7-12/h11-12,14H,5-10H2,1-4H3. The second-order valence-corrected chi connectivity index (χ2v) is 5.20. The number of amides is 1. The zero-order valence-corrected chi connectivity index (χ0v) is 11.7. The molecular weight excluding hydrogens is 214 g/mol. The van der Waals surface area contributed by atoms with Crippen molar-refractivity contribution >= 4 is 5.91 Å². The normalized spacial score (nSPS) is 20.2. The molecule has 1 amide bonds. The minimum atomic E-state index is 0.271. The fourth-order valence-electron chi connectivity index (χ4n) is 2.41. The highest BCUT2D eigenvalue weighted by Gasteiger charge is 2.24. The van der Waals surface area contributed by atoms with Crippen molar-refractivity contribution < 1.29 is 4.79 Å². The molecule has 1 saturated heterocycles. The Morgan fingerprint density at radius 2 is 2.06 bits per heavy atom. The van der Waals surface area contributed by atoms with Gasteiger partial charge in [0.15, 0.2) is 0 Å². The van der Waals surface area contributed by atoms with Gasteiger partial charge in [-0.1, -0.05) is 6.92 Å². The van der Waals surface area contributed by atoms with Gasteiger partial charge in [0.25, 0.3) is 0 Å². The van der Waals surface area contributed by atoms with E-state index in [1.54, 1.807) is 0 Å². The lowest BCUT2D eigenvalue weighted by Crippen LogP contribution is -2.45. The summed E-state index contributed by atoms with van der Waals surface area (Å²) in [5, 5.41) is 3.29. The first kappa shape index (κ1) is 14.5. The van der Waals surface area contributed by atoms with Crippen molar-refractivity contribution in [2.24, 2.45) is 0 Å². The van der Waals surface area contributed by atoms with Crippen molar-refractivity contribution in [3.63, 3.8) is 0 Å². The van der Waals surface area contributed by atoms with Gasteiger partial charge in [-0.15, -0.1) is 0 Å². The predicted octanol–water partition coefficient (Wildman–Crippen LogP) is 0.927. The number of likely N-dealkylation sites (tertiary alicyclic amines) is 1. The number of piperidine rings is 1. The van der Waals surface area contributed by atoms with Gasteiger partial charge in [0.05, 0.1) is 0 Å². The molecule has 1 fully saturated rings. The molecule has 0 radical (unpaired) electrons. The molecule has 0 aromatic heterocycles. The summed E-state index contributed by atoms with van der Waals surface area (Å²) in [6.45, 7) is 7.27. The lowest BCUT2D eigenvalue weighted by atomic mass is 10.0. The van der Waals surface area contributed by atoms with E-state index >= 15 is 0 Å². The van der Waals surface area contributed by atoms with Gasteiger partial charge in [-0.2, -0.15) is 0 Å². The molecule has 0 spiro atoms. The Morgan fingerprint density at radius 1 is 1.47 bits per heavy atom. The van der Waals surface area contributed by atoms with Crippen molar-refractivity contribution in [3.8, 4) is 0 Å². The molecule has 1 heterocycles. The van der Waals surface area contributed by atoms with Crippen LogP contribution in [-0.4, -0.2) is 61.5 Å². The Balaban J connectivity index is 2.35. The van der Waals surface area contributed by atoms with Crippen LogP contribution in [0.4, 0.5) is 0 Å². The molecule has 100 valence electrons. The van der Waals surface area contributed by atoms with Crippen molar-refractivity contribution in [2.45, 2.75) is 45.2 Å². The van der Waals surface area contributed by atoms with Crippen LogP contribution < -0.4 is 5.32 Å². The maximum absolute atomic E-state index is 12.1. The maximum Gasteiger partial charge on any atom is 0.224 e. The molecule has 17 heavy (non-hydrogen) atoms. The van der Waals surface area contributed by atoms with Gasteiger partial charge in [-0.25, -0.2) is 0 Å². The summed E-state index contributed by atoms with van der Waals surface area (Å²) in [7, 11) is 4.10. The molecular formula is C13H27N3O.